The van der Waals surface area contributed by atoms with Crippen LogP contribution in [-0.4, -0.2) is 28.3 Å². The number of ether oxygens (including phenoxy) is 1. The second-order valence-corrected chi connectivity index (χ2v) is 3.52. The lowest BCUT2D eigenvalue weighted by Gasteiger charge is -2.17. The van der Waals surface area contributed by atoms with Gasteiger partial charge in [-0.1, -0.05) is 6.07 Å². The largest absolute Gasteiger partial charge is 0.477 e. The minimum absolute atomic E-state index is 0.664. The van der Waals surface area contributed by atoms with Crippen molar-refractivity contribution in [3.63, 3.8) is 0 Å². The Bertz CT molecular complexity index is 514. The van der Waals surface area contributed by atoms with Crippen LogP contribution in [0.4, 0.5) is 18.9 Å². The average molecular weight is 279 g/mol. The average Bonchev–Trinajstić information content (AvgIpc) is 2.26. The van der Waals surface area contributed by atoms with E-state index in [0.29, 0.717) is 6.92 Å². The number of aromatic carboxylic acids is 1. The summed E-state index contributed by atoms with van der Waals surface area (Å²) in [6, 6.07) is 2.88. The van der Waals surface area contributed by atoms with Crippen LogP contribution in [0.1, 0.15) is 17.3 Å². The Morgan fingerprint density at radius 1 is 1.47 bits per heavy atom. The van der Waals surface area contributed by atoms with Gasteiger partial charge in [0.05, 0.1) is 4.92 Å². The molecule has 1 N–H and O–H groups in total. The first-order valence-corrected chi connectivity index (χ1v) is 4.88. The van der Waals surface area contributed by atoms with Crippen molar-refractivity contribution >= 4 is 11.7 Å². The number of halogens is 3. The Labute approximate surface area is 104 Å². The molecule has 0 amide bonds. The Balaban J connectivity index is 3.25. The third-order valence-electron chi connectivity index (χ3n) is 2.18. The highest BCUT2D eigenvalue weighted by Crippen LogP contribution is 2.34. The van der Waals surface area contributed by atoms with Gasteiger partial charge in [0, 0.05) is 0 Å². The molecule has 1 aromatic carbocycles. The summed E-state index contributed by atoms with van der Waals surface area (Å²) in [5.74, 6) is -2.37. The SMILES string of the molecule is CC(Oc1cccc(C(=O)O)c1[N+](=O)[O-])C(F)(F)F. The van der Waals surface area contributed by atoms with Gasteiger partial charge in [0.2, 0.25) is 0 Å². The normalized spacial score (nSPS) is 12.8. The van der Waals surface area contributed by atoms with Crippen LogP contribution in [-0.2, 0) is 0 Å². The Kier molecular flexibility index (Phi) is 3.98. The van der Waals surface area contributed by atoms with Gasteiger partial charge in [0.1, 0.15) is 5.56 Å². The summed E-state index contributed by atoms with van der Waals surface area (Å²) in [6.45, 7) is 0.664. The van der Waals surface area contributed by atoms with Crippen LogP contribution < -0.4 is 4.74 Å². The van der Waals surface area contributed by atoms with Crippen molar-refractivity contribution < 1.29 is 32.7 Å². The van der Waals surface area contributed by atoms with E-state index in [0.717, 1.165) is 18.2 Å². The van der Waals surface area contributed by atoms with E-state index in [1.54, 1.807) is 0 Å². The van der Waals surface area contributed by atoms with Crippen LogP contribution in [0, 0.1) is 10.1 Å². The van der Waals surface area contributed by atoms with Gasteiger partial charge >= 0.3 is 17.8 Å². The summed E-state index contributed by atoms with van der Waals surface area (Å²) in [4.78, 5) is 20.4. The van der Waals surface area contributed by atoms with Crippen LogP contribution in [0.5, 0.6) is 5.75 Å². The lowest BCUT2D eigenvalue weighted by atomic mass is 10.1. The molecule has 19 heavy (non-hydrogen) atoms. The Hall–Kier alpha value is -2.32. The maximum absolute atomic E-state index is 12.3. The molecule has 6 nitrogen and oxygen atoms in total. The predicted octanol–water partition coefficient (Wildman–Crippen LogP) is 2.62. The molecule has 0 spiro atoms. The van der Waals surface area contributed by atoms with Crippen molar-refractivity contribution in [3.8, 4) is 5.75 Å². The molecule has 0 saturated heterocycles. The highest BCUT2D eigenvalue weighted by atomic mass is 19.4. The van der Waals surface area contributed by atoms with Gasteiger partial charge in [0.15, 0.2) is 11.9 Å². The van der Waals surface area contributed by atoms with E-state index in [4.69, 9.17) is 5.11 Å². The first-order chi connectivity index (χ1) is 8.64. The molecule has 9 heteroatoms. The number of carbonyl (C=O) groups is 1. The van der Waals surface area contributed by atoms with Crippen molar-refractivity contribution in [1.82, 2.24) is 0 Å². The van der Waals surface area contributed by atoms with E-state index < -0.39 is 40.2 Å². The fourth-order valence-corrected chi connectivity index (χ4v) is 1.24. The van der Waals surface area contributed by atoms with Crippen LogP contribution in [0.2, 0.25) is 0 Å². The lowest BCUT2D eigenvalue weighted by Crippen LogP contribution is -2.31. The molecular formula is C10H8F3NO5. The van der Waals surface area contributed by atoms with Crippen LogP contribution in [0.15, 0.2) is 18.2 Å². The molecule has 0 aliphatic heterocycles. The van der Waals surface area contributed by atoms with E-state index in [9.17, 15) is 28.1 Å². The van der Waals surface area contributed by atoms with Crippen molar-refractivity contribution in [1.29, 1.82) is 0 Å². The number of nitrogens with zero attached hydrogens (tertiary/aromatic N) is 1. The number of nitro groups is 1. The van der Waals surface area contributed by atoms with Crippen LogP contribution in [0.3, 0.4) is 0 Å². The summed E-state index contributed by atoms with van der Waals surface area (Å²) < 4.78 is 41.4. The second kappa shape index (κ2) is 5.12. The van der Waals surface area contributed by atoms with Crippen molar-refractivity contribution in [2.24, 2.45) is 0 Å². The van der Waals surface area contributed by atoms with E-state index in [-0.39, 0.29) is 0 Å². The minimum atomic E-state index is -4.72. The molecule has 1 aromatic rings. The molecule has 1 atom stereocenters. The third kappa shape index (κ3) is 3.33. The number of para-hydroxylation sites is 1. The quantitative estimate of drug-likeness (QED) is 0.675. The summed E-state index contributed by atoms with van der Waals surface area (Å²) in [6.07, 6.45) is -7.01. The number of alkyl halides is 3. The van der Waals surface area contributed by atoms with Gasteiger partial charge in [-0.25, -0.2) is 4.79 Å². The molecule has 0 aliphatic rings. The molecular weight excluding hydrogens is 271 g/mol. The fourth-order valence-electron chi connectivity index (χ4n) is 1.24. The molecule has 0 saturated carbocycles. The van der Waals surface area contributed by atoms with E-state index in [1.165, 1.54) is 0 Å². The number of carboxylic acid groups (broad SMARTS) is 1. The Morgan fingerprint density at radius 3 is 2.47 bits per heavy atom. The highest BCUT2D eigenvalue weighted by Gasteiger charge is 2.39. The van der Waals surface area contributed by atoms with Gasteiger partial charge in [-0.2, -0.15) is 13.2 Å². The first kappa shape index (κ1) is 14.7. The molecule has 0 aromatic heterocycles. The fraction of sp³-hybridized carbons (Fsp3) is 0.300. The van der Waals surface area contributed by atoms with Gasteiger partial charge < -0.3 is 9.84 Å². The third-order valence-corrected chi connectivity index (χ3v) is 2.18. The number of hydrogen-bond donors (Lipinski definition) is 1. The van der Waals surface area contributed by atoms with E-state index in [2.05, 4.69) is 4.74 Å². The second-order valence-electron chi connectivity index (χ2n) is 3.52. The minimum Gasteiger partial charge on any atom is -0.477 e. The summed E-state index contributed by atoms with van der Waals surface area (Å²) in [5.41, 5.74) is -1.75. The molecule has 0 heterocycles. The first-order valence-electron chi connectivity index (χ1n) is 4.88. The van der Waals surface area contributed by atoms with Gasteiger partial charge in [-0.05, 0) is 19.1 Å². The van der Waals surface area contributed by atoms with Gasteiger partial charge in [-0.15, -0.1) is 0 Å². The Morgan fingerprint density at radius 2 is 2.05 bits per heavy atom. The maximum atomic E-state index is 12.3. The molecule has 1 unspecified atom stereocenters. The molecule has 0 bridgehead atoms. The maximum Gasteiger partial charge on any atom is 0.425 e. The zero-order valence-corrected chi connectivity index (χ0v) is 9.47. The zero-order valence-electron chi connectivity index (χ0n) is 9.47. The number of hydrogen-bond acceptors (Lipinski definition) is 4. The van der Waals surface area contributed by atoms with Gasteiger partial charge in [0.25, 0.3) is 0 Å². The van der Waals surface area contributed by atoms with Crippen LogP contribution >= 0.6 is 0 Å². The number of nitro benzene ring substituents is 1. The van der Waals surface area contributed by atoms with Crippen LogP contribution in [0.25, 0.3) is 0 Å². The van der Waals surface area contributed by atoms with E-state index in [1.807, 2.05) is 0 Å². The smallest absolute Gasteiger partial charge is 0.425 e. The number of benzene rings is 1. The van der Waals surface area contributed by atoms with Crippen molar-refractivity contribution in [3.05, 3.63) is 33.9 Å². The molecule has 0 radical (unpaired) electrons. The predicted molar refractivity (Wildman–Crippen MR) is 56.2 cm³/mol. The standard InChI is InChI=1S/C10H8F3NO5/c1-5(10(11,12)13)19-7-4-2-3-6(9(15)16)8(7)14(17)18/h2-5H,1H3,(H,15,16). The molecule has 0 aliphatic carbocycles. The van der Waals surface area contributed by atoms with E-state index >= 15 is 0 Å². The van der Waals surface area contributed by atoms with Crippen molar-refractivity contribution in [2.45, 2.75) is 19.2 Å². The molecule has 1 rings (SSSR count). The molecule has 104 valence electrons. The lowest BCUT2D eigenvalue weighted by molar-refractivity contribution is -0.386. The highest BCUT2D eigenvalue weighted by molar-refractivity contribution is 5.93. The number of carboxylic acids is 1. The number of rotatable bonds is 4. The van der Waals surface area contributed by atoms with Gasteiger partial charge in [-0.3, -0.25) is 10.1 Å². The summed E-state index contributed by atoms with van der Waals surface area (Å²) >= 11 is 0. The molecule has 0 fully saturated rings. The topological polar surface area (TPSA) is 89.7 Å². The summed E-state index contributed by atoms with van der Waals surface area (Å²) in [7, 11) is 0. The zero-order chi connectivity index (χ0) is 14.8. The monoisotopic (exact) mass is 279 g/mol. The summed E-state index contributed by atoms with van der Waals surface area (Å²) in [5, 5.41) is 19.5. The van der Waals surface area contributed by atoms with Crippen molar-refractivity contribution in [2.75, 3.05) is 0 Å².